The molecule has 2 rings (SSSR count). The Bertz CT molecular complexity index is 472. The molecule has 1 aromatic carbocycles. The molecule has 2 atom stereocenters. The molecule has 5 nitrogen and oxygen atoms in total. The Labute approximate surface area is 106 Å². The van der Waals surface area contributed by atoms with Crippen LogP contribution in [0.3, 0.4) is 0 Å². The topological polar surface area (TPSA) is 72.6 Å². The largest absolute Gasteiger partial charge is 0.487 e. The van der Waals surface area contributed by atoms with Gasteiger partial charge in [-0.15, -0.1) is 0 Å². The summed E-state index contributed by atoms with van der Waals surface area (Å²) in [7, 11) is 0. The van der Waals surface area contributed by atoms with E-state index in [2.05, 4.69) is 0 Å². The van der Waals surface area contributed by atoms with Gasteiger partial charge in [-0.3, -0.25) is 10.1 Å². The fraction of sp³-hybridized carbons (Fsp3) is 0.538. The summed E-state index contributed by atoms with van der Waals surface area (Å²) in [6.45, 7) is 3.47. The SMILES string of the molecule is Cc1cc([N+](=O)[O-])c(C)cc1OC1CCCC1O. The molecule has 1 fully saturated rings. The predicted octanol–water partition coefficient (Wildman–Crippen LogP) is 2.50. The molecule has 2 unspecified atom stereocenters. The summed E-state index contributed by atoms with van der Waals surface area (Å²) >= 11 is 0. The minimum absolute atomic E-state index is 0.104. The van der Waals surface area contributed by atoms with Crippen LogP contribution in [0.5, 0.6) is 5.75 Å². The lowest BCUT2D eigenvalue weighted by atomic mass is 10.1. The van der Waals surface area contributed by atoms with Crippen LogP contribution in [0.4, 0.5) is 5.69 Å². The van der Waals surface area contributed by atoms with E-state index in [-0.39, 0.29) is 11.8 Å². The molecule has 1 saturated carbocycles. The van der Waals surface area contributed by atoms with Crippen LogP contribution >= 0.6 is 0 Å². The summed E-state index contributed by atoms with van der Waals surface area (Å²) in [5.41, 5.74) is 1.41. The molecule has 0 heterocycles. The lowest BCUT2D eigenvalue weighted by Crippen LogP contribution is -2.26. The maximum absolute atomic E-state index is 10.8. The number of nitro benzene ring substituents is 1. The summed E-state index contributed by atoms with van der Waals surface area (Å²) < 4.78 is 5.76. The number of rotatable bonds is 3. The Kier molecular flexibility index (Phi) is 3.52. The van der Waals surface area contributed by atoms with Crippen molar-refractivity contribution in [2.75, 3.05) is 0 Å². The summed E-state index contributed by atoms with van der Waals surface area (Å²) in [5.74, 6) is 0.629. The van der Waals surface area contributed by atoms with E-state index in [1.165, 1.54) is 6.07 Å². The molecule has 0 saturated heterocycles. The zero-order chi connectivity index (χ0) is 13.3. The number of aryl methyl sites for hydroxylation is 2. The number of hydrogen-bond donors (Lipinski definition) is 1. The van der Waals surface area contributed by atoms with Gasteiger partial charge in [0.25, 0.3) is 5.69 Å². The standard InChI is InChI=1S/C13H17NO4/c1-8-7-13(9(2)6-10(8)14(16)17)18-12-5-3-4-11(12)15/h6-7,11-12,15H,3-5H2,1-2H3. The number of aliphatic hydroxyl groups is 1. The van der Waals surface area contributed by atoms with E-state index in [0.717, 1.165) is 24.8 Å². The van der Waals surface area contributed by atoms with Crippen molar-refractivity contribution < 1.29 is 14.8 Å². The van der Waals surface area contributed by atoms with E-state index in [9.17, 15) is 15.2 Å². The smallest absolute Gasteiger partial charge is 0.272 e. The van der Waals surface area contributed by atoms with Crippen molar-refractivity contribution in [1.29, 1.82) is 0 Å². The Morgan fingerprint density at radius 1 is 1.33 bits per heavy atom. The van der Waals surface area contributed by atoms with Gasteiger partial charge in [0.05, 0.1) is 11.0 Å². The lowest BCUT2D eigenvalue weighted by Gasteiger charge is -2.19. The third-order valence-electron chi connectivity index (χ3n) is 3.39. The highest BCUT2D eigenvalue weighted by Gasteiger charge is 2.27. The van der Waals surface area contributed by atoms with Crippen molar-refractivity contribution >= 4 is 5.69 Å². The summed E-state index contributed by atoms with van der Waals surface area (Å²) in [4.78, 5) is 10.4. The monoisotopic (exact) mass is 251 g/mol. The highest BCUT2D eigenvalue weighted by atomic mass is 16.6. The molecule has 18 heavy (non-hydrogen) atoms. The molecule has 0 spiro atoms. The average Bonchev–Trinajstić information content (AvgIpc) is 2.69. The van der Waals surface area contributed by atoms with Crippen molar-refractivity contribution in [1.82, 2.24) is 0 Å². The number of ether oxygens (including phenoxy) is 1. The Morgan fingerprint density at radius 2 is 2.06 bits per heavy atom. The van der Waals surface area contributed by atoms with Gasteiger partial charge < -0.3 is 9.84 Å². The Morgan fingerprint density at radius 3 is 2.61 bits per heavy atom. The van der Waals surface area contributed by atoms with Gasteiger partial charge in [-0.1, -0.05) is 0 Å². The van der Waals surface area contributed by atoms with Crippen LogP contribution in [0.25, 0.3) is 0 Å². The van der Waals surface area contributed by atoms with Crippen molar-refractivity contribution in [2.45, 2.75) is 45.3 Å². The van der Waals surface area contributed by atoms with E-state index in [4.69, 9.17) is 4.74 Å². The van der Waals surface area contributed by atoms with Crippen LogP contribution in [0, 0.1) is 24.0 Å². The number of benzene rings is 1. The first-order valence-corrected chi connectivity index (χ1v) is 6.09. The molecule has 1 aromatic rings. The van der Waals surface area contributed by atoms with Crippen molar-refractivity contribution in [3.63, 3.8) is 0 Å². The van der Waals surface area contributed by atoms with Gasteiger partial charge in [-0.25, -0.2) is 0 Å². The first kappa shape index (κ1) is 12.8. The van der Waals surface area contributed by atoms with Gasteiger partial charge in [0.2, 0.25) is 0 Å². The molecule has 0 amide bonds. The second-order valence-corrected chi connectivity index (χ2v) is 4.82. The number of aliphatic hydroxyl groups excluding tert-OH is 1. The molecule has 0 radical (unpaired) electrons. The normalized spacial score (nSPS) is 23.1. The second kappa shape index (κ2) is 4.94. The van der Waals surface area contributed by atoms with E-state index in [0.29, 0.717) is 11.3 Å². The predicted molar refractivity (Wildman–Crippen MR) is 66.8 cm³/mol. The zero-order valence-corrected chi connectivity index (χ0v) is 10.5. The summed E-state index contributed by atoms with van der Waals surface area (Å²) in [6.07, 6.45) is 1.92. The number of nitrogens with zero attached hydrogens (tertiary/aromatic N) is 1. The van der Waals surface area contributed by atoms with Crippen LogP contribution in [-0.2, 0) is 0 Å². The highest BCUT2D eigenvalue weighted by Crippen LogP contribution is 2.31. The zero-order valence-electron chi connectivity index (χ0n) is 10.5. The first-order chi connectivity index (χ1) is 8.49. The van der Waals surface area contributed by atoms with Crippen molar-refractivity contribution in [3.05, 3.63) is 33.4 Å². The van der Waals surface area contributed by atoms with Gasteiger partial charge in [0.15, 0.2) is 0 Å². The molecule has 0 bridgehead atoms. The lowest BCUT2D eigenvalue weighted by molar-refractivity contribution is -0.385. The number of hydrogen-bond acceptors (Lipinski definition) is 4. The maximum Gasteiger partial charge on any atom is 0.272 e. The van der Waals surface area contributed by atoms with Gasteiger partial charge in [0, 0.05) is 11.6 Å². The molecule has 0 aliphatic heterocycles. The average molecular weight is 251 g/mol. The third kappa shape index (κ3) is 2.46. The maximum atomic E-state index is 10.8. The molecule has 1 aliphatic carbocycles. The van der Waals surface area contributed by atoms with E-state index < -0.39 is 11.0 Å². The van der Waals surface area contributed by atoms with E-state index in [1.54, 1.807) is 19.9 Å². The summed E-state index contributed by atoms with van der Waals surface area (Å²) in [6, 6.07) is 3.20. The van der Waals surface area contributed by atoms with Crippen LogP contribution in [-0.4, -0.2) is 22.2 Å². The first-order valence-electron chi connectivity index (χ1n) is 6.09. The summed E-state index contributed by atoms with van der Waals surface area (Å²) in [5, 5.41) is 20.5. The Balaban J connectivity index is 2.23. The van der Waals surface area contributed by atoms with Gasteiger partial charge >= 0.3 is 0 Å². The molecule has 1 N–H and O–H groups in total. The second-order valence-electron chi connectivity index (χ2n) is 4.82. The van der Waals surface area contributed by atoms with Gasteiger partial charge in [0.1, 0.15) is 11.9 Å². The quantitative estimate of drug-likeness (QED) is 0.661. The molecule has 0 aromatic heterocycles. The minimum atomic E-state index is -0.431. The van der Waals surface area contributed by atoms with Crippen molar-refractivity contribution in [2.24, 2.45) is 0 Å². The Hall–Kier alpha value is -1.62. The van der Waals surface area contributed by atoms with Crippen LogP contribution in [0.2, 0.25) is 0 Å². The molecule has 98 valence electrons. The molecule has 5 heteroatoms. The fourth-order valence-corrected chi connectivity index (χ4v) is 2.31. The highest BCUT2D eigenvalue weighted by molar-refractivity contribution is 5.49. The molecular weight excluding hydrogens is 234 g/mol. The van der Waals surface area contributed by atoms with Crippen LogP contribution < -0.4 is 4.74 Å². The van der Waals surface area contributed by atoms with E-state index in [1.807, 2.05) is 0 Å². The number of nitro groups is 1. The fourth-order valence-electron chi connectivity index (χ4n) is 2.31. The molecule has 1 aliphatic rings. The third-order valence-corrected chi connectivity index (χ3v) is 3.39. The van der Waals surface area contributed by atoms with Crippen LogP contribution in [0.15, 0.2) is 12.1 Å². The van der Waals surface area contributed by atoms with Gasteiger partial charge in [-0.05, 0) is 44.7 Å². The van der Waals surface area contributed by atoms with Gasteiger partial charge in [-0.2, -0.15) is 0 Å². The van der Waals surface area contributed by atoms with Crippen molar-refractivity contribution in [3.8, 4) is 5.75 Å². The van der Waals surface area contributed by atoms with Crippen LogP contribution in [0.1, 0.15) is 30.4 Å². The minimum Gasteiger partial charge on any atom is -0.487 e. The molecular formula is C13H17NO4. The van der Waals surface area contributed by atoms with E-state index >= 15 is 0 Å².